The average Bonchev–Trinajstić information content (AvgIpc) is 2.56. The first kappa shape index (κ1) is 13.2. The average molecular weight is 214 g/mol. The summed E-state index contributed by atoms with van der Waals surface area (Å²) in [7, 11) is 2.21. The van der Waals surface area contributed by atoms with Crippen molar-refractivity contribution in [3.05, 3.63) is 29.1 Å². The number of nitrogens with zero attached hydrogens (tertiary/aromatic N) is 2. The van der Waals surface area contributed by atoms with E-state index in [0.717, 1.165) is 0 Å². The zero-order valence-electron chi connectivity index (χ0n) is 9.25. The Bertz CT molecular complexity index is 338. The van der Waals surface area contributed by atoms with Crippen LogP contribution in [0.2, 0.25) is 0 Å². The van der Waals surface area contributed by atoms with Gasteiger partial charge in [0.1, 0.15) is 0 Å². The molecule has 2 rings (SSSR count). The molecule has 0 radical (unpaired) electrons. The molecule has 1 aliphatic rings. The standard InChI is InChI=1S/C12H18N2.Na.H/c1-9-7-11(10(2)13-8-9)12-5-4-6-14(12)3;;/h7-8,12H,4-6H2,1-3H3;;. The van der Waals surface area contributed by atoms with Crippen LogP contribution < -0.4 is 0 Å². The van der Waals surface area contributed by atoms with Crippen LogP contribution in [0.4, 0.5) is 0 Å². The van der Waals surface area contributed by atoms with Gasteiger partial charge in [-0.05, 0) is 51.4 Å². The fraction of sp³-hybridized carbons (Fsp3) is 0.583. The third-order valence-electron chi connectivity index (χ3n) is 3.14. The van der Waals surface area contributed by atoms with E-state index in [9.17, 15) is 0 Å². The summed E-state index contributed by atoms with van der Waals surface area (Å²) in [5.41, 5.74) is 3.88. The summed E-state index contributed by atoms with van der Waals surface area (Å²) in [4.78, 5) is 6.86. The van der Waals surface area contributed by atoms with E-state index in [-0.39, 0.29) is 29.6 Å². The van der Waals surface area contributed by atoms with Gasteiger partial charge >= 0.3 is 29.6 Å². The summed E-state index contributed by atoms with van der Waals surface area (Å²) in [6.45, 7) is 5.45. The first-order chi connectivity index (χ1) is 6.68. The van der Waals surface area contributed by atoms with E-state index in [4.69, 9.17) is 0 Å². The Balaban J connectivity index is 0.00000112. The molecule has 1 fully saturated rings. The van der Waals surface area contributed by atoms with Gasteiger partial charge in [-0.25, -0.2) is 0 Å². The minimum absolute atomic E-state index is 0. The van der Waals surface area contributed by atoms with E-state index >= 15 is 0 Å². The van der Waals surface area contributed by atoms with Crippen LogP contribution in [0.15, 0.2) is 12.3 Å². The van der Waals surface area contributed by atoms with Crippen LogP contribution in [0.25, 0.3) is 0 Å². The molecule has 0 aliphatic carbocycles. The Morgan fingerprint density at radius 1 is 1.40 bits per heavy atom. The Morgan fingerprint density at radius 2 is 2.13 bits per heavy atom. The van der Waals surface area contributed by atoms with Gasteiger partial charge in [0.2, 0.25) is 0 Å². The molecule has 3 heteroatoms. The van der Waals surface area contributed by atoms with E-state index in [1.165, 1.54) is 36.2 Å². The van der Waals surface area contributed by atoms with Gasteiger partial charge in [-0.2, -0.15) is 0 Å². The molecule has 1 atom stereocenters. The molecular formula is C12H19N2Na. The predicted molar refractivity (Wildman–Crippen MR) is 65.5 cm³/mol. The first-order valence-corrected chi connectivity index (χ1v) is 5.32. The molecular weight excluding hydrogens is 195 g/mol. The fourth-order valence-electron chi connectivity index (χ4n) is 2.30. The van der Waals surface area contributed by atoms with Crippen molar-refractivity contribution in [2.75, 3.05) is 13.6 Å². The number of aryl methyl sites for hydroxylation is 2. The molecule has 0 aromatic carbocycles. The number of hydrogen-bond acceptors (Lipinski definition) is 2. The van der Waals surface area contributed by atoms with Crippen LogP contribution in [0.3, 0.4) is 0 Å². The molecule has 1 saturated heterocycles. The molecule has 0 saturated carbocycles. The van der Waals surface area contributed by atoms with Crippen molar-refractivity contribution in [3.63, 3.8) is 0 Å². The Hall–Kier alpha value is 0.110. The van der Waals surface area contributed by atoms with E-state index in [0.29, 0.717) is 6.04 Å². The van der Waals surface area contributed by atoms with Gasteiger partial charge in [0.15, 0.2) is 0 Å². The van der Waals surface area contributed by atoms with E-state index in [1.54, 1.807) is 0 Å². The van der Waals surface area contributed by atoms with Gasteiger partial charge in [0, 0.05) is 17.9 Å². The number of rotatable bonds is 1. The Kier molecular flexibility index (Phi) is 4.78. The van der Waals surface area contributed by atoms with Gasteiger partial charge in [0.05, 0.1) is 0 Å². The third kappa shape index (κ3) is 2.82. The van der Waals surface area contributed by atoms with Crippen LogP contribution in [-0.2, 0) is 0 Å². The van der Waals surface area contributed by atoms with Crippen molar-refractivity contribution in [3.8, 4) is 0 Å². The summed E-state index contributed by atoms with van der Waals surface area (Å²) < 4.78 is 0. The number of hydrogen-bond donors (Lipinski definition) is 0. The van der Waals surface area contributed by atoms with Crippen LogP contribution in [0.5, 0.6) is 0 Å². The van der Waals surface area contributed by atoms with Crippen LogP contribution in [0.1, 0.15) is 35.7 Å². The molecule has 1 aromatic rings. The van der Waals surface area contributed by atoms with Gasteiger partial charge < -0.3 is 0 Å². The van der Waals surface area contributed by atoms with Crippen molar-refractivity contribution in [2.45, 2.75) is 32.7 Å². The molecule has 0 spiro atoms. The van der Waals surface area contributed by atoms with Crippen molar-refractivity contribution in [2.24, 2.45) is 0 Å². The summed E-state index contributed by atoms with van der Waals surface area (Å²) in [5, 5.41) is 0. The molecule has 78 valence electrons. The molecule has 0 amide bonds. The minimum atomic E-state index is 0. The molecule has 1 unspecified atom stereocenters. The molecule has 2 nitrogen and oxygen atoms in total. The van der Waals surface area contributed by atoms with E-state index in [1.807, 2.05) is 6.20 Å². The zero-order valence-corrected chi connectivity index (χ0v) is 9.25. The van der Waals surface area contributed by atoms with Crippen molar-refractivity contribution in [1.29, 1.82) is 0 Å². The second-order valence-electron chi connectivity index (χ2n) is 4.33. The maximum atomic E-state index is 4.43. The molecule has 1 aromatic heterocycles. The van der Waals surface area contributed by atoms with Gasteiger partial charge in [-0.1, -0.05) is 6.07 Å². The molecule has 1 aliphatic heterocycles. The Labute approximate surface area is 114 Å². The number of aromatic nitrogens is 1. The SMILES string of the molecule is Cc1cnc(C)c(C2CCCN2C)c1.[NaH]. The number of pyridine rings is 1. The quantitative estimate of drug-likeness (QED) is 0.663. The van der Waals surface area contributed by atoms with Crippen molar-refractivity contribution >= 4 is 29.6 Å². The summed E-state index contributed by atoms with van der Waals surface area (Å²) in [6, 6.07) is 2.89. The molecule has 0 N–H and O–H groups in total. The first-order valence-electron chi connectivity index (χ1n) is 5.32. The number of likely N-dealkylation sites (tertiary alicyclic amines) is 1. The zero-order chi connectivity index (χ0) is 10.1. The van der Waals surface area contributed by atoms with Crippen molar-refractivity contribution in [1.82, 2.24) is 9.88 Å². The topological polar surface area (TPSA) is 16.1 Å². The summed E-state index contributed by atoms with van der Waals surface area (Å²) >= 11 is 0. The van der Waals surface area contributed by atoms with Crippen molar-refractivity contribution < 1.29 is 0 Å². The van der Waals surface area contributed by atoms with Gasteiger partial charge in [-0.3, -0.25) is 9.88 Å². The maximum absolute atomic E-state index is 4.43. The summed E-state index contributed by atoms with van der Waals surface area (Å²) in [6.07, 6.45) is 4.55. The van der Waals surface area contributed by atoms with E-state index in [2.05, 4.69) is 36.8 Å². The predicted octanol–water partition coefficient (Wildman–Crippen LogP) is 1.82. The normalized spacial score (nSPS) is 21.4. The van der Waals surface area contributed by atoms with Crippen LogP contribution in [-0.4, -0.2) is 53.0 Å². The second kappa shape index (κ2) is 5.44. The Morgan fingerprint density at radius 3 is 2.73 bits per heavy atom. The van der Waals surface area contributed by atoms with E-state index < -0.39 is 0 Å². The molecule has 15 heavy (non-hydrogen) atoms. The molecule has 0 bridgehead atoms. The molecule has 2 heterocycles. The van der Waals surface area contributed by atoms with Crippen LogP contribution in [0, 0.1) is 13.8 Å². The second-order valence-corrected chi connectivity index (χ2v) is 4.33. The monoisotopic (exact) mass is 214 g/mol. The third-order valence-corrected chi connectivity index (χ3v) is 3.14. The fourth-order valence-corrected chi connectivity index (χ4v) is 2.30. The van der Waals surface area contributed by atoms with Crippen LogP contribution >= 0.6 is 0 Å². The summed E-state index contributed by atoms with van der Waals surface area (Å²) in [5.74, 6) is 0. The van der Waals surface area contributed by atoms with Gasteiger partial charge in [-0.15, -0.1) is 0 Å². The van der Waals surface area contributed by atoms with Gasteiger partial charge in [0.25, 0.3) is 0 Å².